The Labute approximate surface area is 137 Å². The van der Waals surface area contributed by atoms with E-state index in [0.29, 0.717) is 0 Å². The predicted molar refractivity (Wildman–Crippen MR) is 82.5 cm³/mol. The van der Waals surface area contributed by atoms with E-state index in [1.807, 2.05) is 0 Å². The number of fused-ring (bicyclic) bond motifs is 1. The second-order valence-corrected chi connectivity index (χ2v) is 6.04. The Morgan fingerprint density at radius 3 is 2.39 bits per heavy atom. The van der Waals surface area contributed by atoms with Gasteiger partial charge in [-0.15, -0.1) is 22.9 Å². The van der Waals surface area contributed by atoms with Crippen molar-refractivity contribution < 1.29 is 17.9 Å². The first-order valence-corrected chi connectivity index (χ1v) is 8.04. The van der Waals surface area contributed by atoms with Gasteiger partial charge >= 0.3 is 11.9 Å². The zero-order valence-electron chi connectivity index (χ0n) is 12.4. The Hall–Kier alpha value is -1.32. The zero-order chi connectivity index (χ0) is 17.4. The molecule has 5 nitrogen and oxygen atoms in total. The lowest BCUT2D eigenvalue weighted by molar-refractivity contribution is -0.136. The van der Waals surface area contributed by atoms with Crippen LogP contribution in [0.15, 0.2) is 9.59 Å². The average molecular weight is 371 g/mol. The van der Waals surface area contributed by atoms with Crippen molar-refractivity contribution in [2.45, 2.75) is 32.1 Å². The molecule has 0 saturated carbocycles. The van der Waals surface area contributed by atoms with Crippen LogP contribution in [0, 0.1) is 0 Å². The van der Waals surface area contributed by atoms with Gasteiger partial charge < -0.3 is 4.74 Å². The SMILES string of the molecule is CCn1c(=O)c2c(C(F)(F)F)c(CCl)sc2n(CCOC)c1=O. The summed E-state index contributed by atoms with van der Waals surface area (Å²) in [6.45, 7) is 1.68. The highest BCUT2D eigenvalue weighted by Gasteiger charge is 2.39. The molecule has 10 heteroatoms. The lowest BCUT2D eigenvalue weighted by Crippen LogP contribution is -2.40. The quantitative estimate of drug-likeness (QED) is 0.760. The molecule has 0 fully saturated rings. The molecule has 0 saturated heterocycles. The molecule has 0 atom stereocenters. The smallest absolute Gasteiger partial charge is 0.383 e. The van der Waals surface area contributed by atoms with E-state index >= 15 is 0 Å². The second kappa shape index (κ2) is 6.66. The van der Waals surface area contributed by atoms with Crippen molar-refractivity contribution in [3.63, 3.8) is 0 Å². The largest absolute Gasteiger partial charge is 0.418 e. The van der Waals surface area contributed by atoms with E-state index in [9.17, 15) is 22.8 Å². The van der Waals surface area contributed by atoms with Crippen molar-refractivity contribution in [2.24, 2.45) is 0 Å². The lowest BCUT2D eigenvalue weighted by atomic mass is 10.2. The fourth-order valence-corrected chi connectivity index (χ4v) is 3.84. The van der Waals surface area contributed by atoms with E-state index in [1.54, 1.807) is 0 Å². The van der Waals surface area contributed by atoms with Crippen molar-refractivity contribution in [2.75, 3.05) is 13.7 Å². The molecule has 0 aliphatic rings. The van der Waals surface area contributed by atoms with Gasteiger partial charge in [0.25, 0.3) is 5.56 Å². The summed E-state index contributed by atoms with van der Waals surface area (Å²) in [5.41, 5.74) is -2.65. The number of methoxy groups -OCH3 is 1. The number of hydrogen-bond acceptors (Lipinski definition) is 4. The topological polar surface area (TPSA) is 53.2 Å². The molecule has 0 N–H and O–H groups in total. The molecule has 0 spiro atoms. The van der Waals surface area contributed by atoms with Gasteiger partial charge in [-0.25, -0.2) is 4.79 Å². The maximum Gasteiger partial charge on any atom is 0.418 e. The van der Waals surface area contributed by atoms with Crippen LogP contribution in [0.25, 0.3) is 10.2 Å². The summed E-state index contributed by atoms with van der Waals surface area (Å²) < 4.78 is 47.0. The molecular formula is C13H14ClF3N2O3S. The highest BCUT2D eigenvalue weighted by molar-refractivity contribution is 7.19. The number of thiophene rings is 1. The van der Waals surface area contributed by atoms with E-state index in [0.717, 1.165) is 20.5 Å². The van der Waals surface area contributed by atoms with E-state index in [1.165, 1.54) is 14.0 Å². The Balaban J connectivity index is 3.00. The normalized spacial score (nSPS) is 12.3. The minimum absolute atomic E-state index is 0.0234. The molecule has 2 aromatic rings. The molecule has 0 radical (unpaired) electrons. The van der Waals surface area contributed by atoms with Gasteiger partial charge in [0.15, 0.2) is 0 Å². The van der Waals surface area contributed by atoms with Gasteiger partial charge in [-0.2, -0.15) is 13.2 Å². The number of ether oxygens (including phenoxy) is 1. The summed E-state index contributed by atoms with van der Waals surface area (Å²) in [7, 11) is 1.41. The van der Waals surface area contributed by atoms with E-state index in [2.05, 4.69) is 0 Å². The molecule has 0 aliphatic carbocycles. The first-order chi connectivity index (χ1) is 10.8. The fourth-order valence-electron chi connectivity index (χ4n) is 2.36. The van der Waals surface area contributed by atoms with Crippen LogP contribution in [-0.4, -0.2) is 22.9 Å². The summed E-state index contributed by atoms with van der Waals surface area (Å²) in [4.78, 5) is 24.5. The highest BCUT2D eigenvalue weighted by atomic mass is 35.5. The number of halogens is 4. The van der Waals surface area contributed by atoms with Crippen molar-refractivity contribution in [3.8, 4) is 0 Å². The van der Waals surface area contributed by atoms with Gasteiger partial charge in [-0.1, -0.05) is 0 Å². The van der Waals surface area contributed by atoms with Crippen LogP contribution in [0.3, 0.4) is 0 Å². The van der Waals surface area contributed by atoms with Gasteiger partial charge in [-0.05, 0) is 6.92 Å². The van der Waals surface area contributed by atoms with Crippen molar-refractivity contribution in [1.29, 1.82) is 0 Å². The van der Waals surface area contributed by atoms with Gasteiger partial charge in [0.1, 0.15) is 4.83 Å². The highest BCUT2D eigenvalue weighted by Crippen LogP contribution is 2.41. The molecule has 128 valence electrons. The Bertz CT molecular complexity index is 838. The molecule has 2 aromatic heterocycles. The monoisotopic (exact) mass is 370 g/mol. The minimum Gasteiger partial charge on any atom is -0.383 e. The minimum atomic E-state index is -4.73. The number of alkyl halides is 4. The number of rotatable bonds is 5. The molecule has 2 heterocycles. The van der Waals surface area contributed by atoms with E-state index in [4.69, 9.17) is 16.3 Å². The van der Waals surface area contributed by atoms with E-state index in [-0.39, 0.29) is 29.4 Å². The van der Waals surface area contributed by atoms with Crippen molar-refractivity contribution in [3.05, 3.63) is 31.3 Å². The first-order valence-electron chi connectivity index (χ1n) is 6.69. The first kappa shape index (κ1) is 18.0. The second-order valence-electron chi connectivity index (χ2n) is 4.69. The van der Waals surface area contributed by atoms with Gasteiger partial charge in [0.2, 0.25) is 0 Å². The molecular weight excluding hydrogens is 357 g/mol. The van der Waals surface area contributed by atoms with Crippen molar-refractivity contribution >= 4 is 33.2 Å². The summed E-state index contributed by atoms with van der Waals surface area (Å²) in [5.74, 6) is -0.391. The Kier molecular flexibility index (Phi) is 5.22. The summed E-state index contributed by atoms with van der Waals surface area (Å²) in [6.07, 6.45) is -4.73. The number of hydrogen-bond donors (Lipinski definition) is 0. The maximum atomic E-state index is 13.4. The molecule has 0 unspecified atom stereocenters. The standard InChI is InChI=1S/C13H14ClF3N2O3S/c1-3-18-10(20)8-9(13(15,16)17)7(6-14)23-11(8)19(12(18)21)4-5-22-2/h3-6H2,1-2H3. The van der Waals surface area contributed by atoms with Crippen molar-refractivity contribution in [1.82, 2.24) is 9.13 Å². The van der Waals surface area contributed by atoms with Gasteiger partial charge in [0, 0.05) is 18.5 Å². The molecule has 0 aromatic carbocycles. The predicted octanol–water partition coefficient (Wildman–Crippen LogP) is 2.65. The zero-order valence-corrected chi connectivity index (χ0v) is 13.9. The van der Waals surface area contributed by atoms with Crippen LogP contribution >= 0.6 is 22.9 Å². The van der Waals surface area contributed by atoms with Crippen LogP contribution in [0.2, 0.25) is 0 Å². The Morgan fingerprint density at radius 1 is 1.26 bits per heavy atom. The lowest BCUT2D eigenvalue weighted by Gasteiger charge is -2.11. The molecule has 0 aliphatic heterocycles. The summed E-state index contributed by atoms with van der Waals surface area (Å²) >= 11 is 6.34. The molecule has 0 bridgehead atoms. The Morgan fingerprint density at radius 2 is 1.91 bits per heavy atom. The number of aromatic nitrogens is 2. The third kappa shape index (κ3) is 3.05. The summed E-state index contributed by atoms with van der Waals surface area (Å²) in [6, 6.07) is 0. The van der Waals surface area contributed by atoms with Gasteiger partial charge in [-0.3, -0.25) is 13.9 Å². The summed E-state index contributed by atoms with van der Waals surface area (Å²) in [5, 5.41) is -0.504. The molecule has 2 rings (SSSR count). The van der Waals surface area contributed by atoms with Crippen LogP contribution in [0.1, 0.15) is 17.4 Å². The van der Waals surface area contributed by atoms with Gasteiger partial charge in [0.05, 0.1) is 30.0 Å². The van der Waals surface area contributed by atoms with Crippen LogP contribution in [-0.2, 0) is 29.9 Å². The van der Waals surface area contributed by atoms with Crippen LogP contribution < -0.4 is 11.2 Å². The average Bonchev–Trinajstić information content (AvgIpc) is 2.87. The fraction of sp³-hybridized carbons (Fsp3) is 0.538. The third-order valence-electron chi connectivity index (χ3n) is 3.37. The third-order valence-corrected chi connectivity index (χ3v) is 5.01. The molecule has 23 heavy (non-hydrogen) atoms. The maximum absolute atomic E-state index is 13.4. The molecule has 0 amide bonds. The van der Waals surface area contributed by atoms with Crippen LogP contribution in [0.4, 0.5) is 13.2 Å². The van der Waals surface area contributed by atoms with Crippen LogP contribution in [0.5, 0.6) is 0 Å². The number of nitrogens with zero attached hydrogens (tertiary/aromatic N) is 2. The van der Waals surface area contributed by atoms with E-state index < -0.39 is 34.3 Å².